The second-order valence-electron chi connectivity index (χ2n) is 7.03. The highest BCUT2D eigenvalue weighted by Gasteiger charge is 2.04. The van der Waals surface area contributed by atoms with Crippen molar-refractivity contribution in [3.8, 4) is 0 Å². The van der Waals surface area contributed by atoms with Crippen molar-refractivity contribution in [3.63, 3.8) is 0 Å². The molecule has 0 radical (unpaired) electrons. The van der Waals surface area contributed by atoms with Crippen molar-refractivity contribution in [1.29, 1.82) is 0 Å². The molecule has 1 heteroatoms. The van der Waals surface area contributed by atoms with Crippen LogP contribution in [-0.4, -0.2) is 25.0 Å². The lowest BCUT2D eigenvalue weighted by atomic mass is 9.96. The number of benzene rings is 3. The number of unbranched alkanes of at least 4 members (excludes halogenated alkanes) is 1. The molecular formula is C26H29N. The molecule has 1 nitrogen and oxygen atoms in total. The molecule has 0 N–H and O–H groups in total. The van der Waals surface area contributed by atoms with Crippen molar-refractivity contribution in [3.05, 3.63) is 114 Å². The minimum absolute atomic E-state index is 1.09. The van der Waals surface area contributed by atoms with Crippen LogP contribution in [0.2, 0.25) is 0 Å². The first kappa shape index (κ1) is 19.1. The van der Waals surface area contributed by atoms with Gasteiger partial charge in [0.25, 0.3) is 0 Å². The SMILES string of the molecule is CN(CCCC=C(c1ccccc1)c1ccccc1)CCc1ccccc1. The molecule has 0 saturated carbocycles. The van der Waals surface area contributed by atoms with Crippen LogP contribution in [0.15, 0.2) is 97.1 Å². The Balaban J connectivity index is 1.54. The molecule has 0 bridgehead atoms. The number of hydrogen-bond acceptors (Lipinski definition) is 1. The van der Waals surface area contributed by atoms with Crippen molar-refractivity contribution in [2.24, 2.45) is 0 Å². The van der Waals surface area contributed by atoms with Crippen LogP contribution >= 0.6 is 0 Å². The average molecular weight is 356 g/mol. The van der Waals surface area contributed by atoms with E-state index < -0.39 is 0 Å². The van der Waals surface area contributed by atoms with E-state index in [1.54, 1.807) is 0 Å². The zero-order chi connectivity index (χ0) is 18.7. The molecular weight excluding hydrogens is 326 g/mol. The van der Waals surface area contributed by atoms with E-state index in [9.17, 15) is 0 Å². The van der Waals surface area contributed by atoms with Crippen LogP contribution in [0.3, 0.4) is 0 Å². The van der Waals surface area contributed by atoms with Gasteiger partial charge in [-0.3, -0.25) is 0 Å². The van der Waals surface area contributed by atoms with Crippen molar-refractivity contribution >= 4 is 5.57 Å². The standard InChI is InChI=1S/C26H29N/c1-27(22-20-23-13-5-2-6-14-23)21-12-11-19-26(24-15-7-3-8-16-24)25-17-9-4-10-18-25/h2-10,13-19H,11-12,20-22H2,1H3. The lowest BCUT2D eigenvalue weighted by Crippen LogP contribution is -2.22. The number of rotatable bonds is 9. The topological polar surface area (TPSA) is 3.24 Å². The van der Waals surface area contributed by atoms with E-state index in [0.717, 1.165) is 25.9 Å². The molecule has 0 heterocycles. The van der Waals surface area contributed by atoms with Gasteiger partial charge in [0.15, 0.2) is 0 Å². The number of allylic oxidation sites excluding steroid dienone is 1. The molecule has 27 heavy (non-hydrogen) atoms. The Kier molecular flexibility index (Phi) is 7.44. The summed E-state index contributed by atoms with van der Waals surface area (Å²) in [4.78, 5) is 2.44. The third-order valence-corrected chi connectivity index (χ3v) is 4.89. The molecule has 0 unspecified atom stereocenters. The molecule has 3 aromatic rings. The zero-order valence-electron chi connectivity index (χ0n) is 16.2. The van der Waals surface area contributed by atoms with Gasteiger partial charge in [0, 0.05) is 6.54 Å². The Hall–Kier alpha value is -2.64. The summed E-state index contributed by atoms with van der Waals surface area (Å²) in [5.41, 5.74) is 5.34. The summed E-state index contributed by atoms with van der Waals surface area (Å²) < 4.78 is 0. The Bertz CT molecular complexity index is 765. The summed E-state index contributed by atoms with van der Waals surface area (Å²) in [6.07, 6.45) is 5.78. The van der Waals surface area contributed by atoms with Crippen LogP contribution in [0.25, 0.3) is 5.57 Å². The normalized spacial score (nSPS) is 10.7. The number of nitrogens with zero attached hydrogens (tertiary/aromatic N) is 1. The maximum absolute atomic E-state index is 2.44. The zero-order valence-corrected chi connectivity index (χ0v) is 16.2. The fraction of sp³-hybridized carbons (Fsp3) is 0.231. The Morgan fingerprint density at radius 2 is 1.22 bits per heavy atom. The van der Waals surface area contributed by atoms with E-state index in [1.807, 2.05) is 0 Å². The van der Waals surface area contributed by atoms with Crippen LogP contribution < -0.4 is 0 Å². The molecule has 0 spiro atoms. The molecule has 0 saturated heterocycles. The summed E-state index contributed by atoms with van der Waals surface area (Å²) in [5, 5.41) is 0. The Labute approximate surface area is 164 Å². The third kappa shape index (κ3) is 6.23. The van der Waals surface area contributed by atoms with E-state index >= 15 is 0 Å². The first-order valence-corrected chi connectivity index (χ1v) is 9.86. The molecule has 0 aromatic heterocycles. The van der Waals surface area contributed by atoms with E-state index in [-0.39, 0.29) is 0 Å². The van der Waals surface area contributed by atoms with Crippen LogP contribution in [0.5, 0.6) is 0 Å². The molecule has 0 fully saturated rings. The van der Waals surface area contributed by atoms with Gasteiger partial charge < -0.3 is 4.90 Å². The highest BCUT2D eigenvalue weighted by atomic mass is 15.1. The quantitative estimate of drug-likeness (QED) is 0.421. The van der Waals surface area contributed by atoms with Crippen LogP contribution in [0, 0.1) is 0 Å². The van der Waals surface area contributed by atoms with Gasteiger partial charge in [0.05, 0.1) is 0 Å². The van der Waals surface area contributed by atoms with Gasteiger partial charge in [-0.2, -0.15) is 0 Å². The Morgan fingerprint density at radius 3 is 1.78 bits per heavy atom. The second kappa shape index (κ2) is 10.5. The molecule has 0 amide bonds. The minimum Gasteiger partial charge on any atom is -0.306 e. The van der Waals surface area contributed by atoms with E-state index in [1.165, 1.54) is 28.7 Å². The van der Waals surface area contributed by atoms with Gasteiger partial charge in [-0.1, -0.05) is 97.1 Å². The highest BCUT2D eigenvalue weighted by Crippen LogP contribution is 2.24. The molecule has 0 atom stereocenters. The lowest BCUT2D eigenvalue weighted by molar-refractivity contribution is 0.334. The summed E-state index contributed by atoms with van der Waals surface area (Å²) in [6, 6.07) is 32.2. The summed E-state index contributed by atoms with van der Waals surface area (Å²) in [6.45, 7) is 2.23. The highest BCUT2D eigenvalue weighted by molar-refractivity contribution is 5.79. The van der Waals surface area contributed by atoms with Gasteiger partial charge in [0.2, 0.25) is 0 Å². The maximum atomic E-state index is 2.44. The molecule has 0 aliphatic rings. The van der Waals surface area contributed by atoms with Gasteiger partial charge in [0.1, 0.15) is 0 Å². The monoisotopic (exact) mass is 355 g/mol. The Morgan fingerprint density at radius 1 is 0.704 bits per heavy atom. The largest absolute Gasteiger partial charge is 0.306 e. The van der Waals surface area contributed by atoms with Crippen LogP contribution in [-0.2, 0) is 6.42 Å². The van der Waals surface area contributed by atoms with Crippen LogP contribution in [0.4, 0.5) is 0 Å². The fourth-order valence-electron chi connectivity index (χ4n) is 3.32. The van der Waals surface area contributed by atoms with Crippen LogP contribution in [0.1, 0.15) is 29.5 Å². The fourth-order valence-corrected chi connectivity index (χ4v) is 3.32. The number of likely N-dealkylation sites (N-methyl/N-ethyl adjacent to an activating group) is 1. The molecule has 0 aliphatic heterocycles. The first-order valence-electron chi connectivity index (χ1n) is 9.86. The average Bonchev–Trinajstić information content (AvgIpc) is 2.74. The first-order chi connectivity index (χ1) is 13.3. The van der Waals surface area contributed by atoms with Crippen molar-refractivity contribution < 1.29 is 0 Å². The smallest absolute Gasteiger partial charge is 0.00188 e. The molecule has 3 rings (SSSR count). The molecule has 0 aliphatic carbocycles. The van der Waals surface area contributed by atoms with Crippen molar-refractivity contribution in [2.45, 2.75) is 19.3 Å². The van der Waals surface area contributed by atoms with Gasteiger partial charge >= 0.3 is 0 Å². The second-order valence-corrected chi connectivity index (χ2v) is 7.03. The summed E-state index contributed by atoms with van der Waals surface area (Å²) in [7, 11) is 2.22. The minimum atomic E-state index is 1.09. The van der Waals surface area contributed by atoms with E-state index in [2.05, 4.69) is 109 Å². The summed E-state index contributed by atoms with van der Waals surface area (Å²) in [5.74, 6) is 0. The predicted octanol–water partition coefficient (Wildman–Crippen LogP) is 6.07. The molecule has 138 valence electrons. The molecule has 3 aromatic carbocycles. The predicted molar refractivity (Wildman–Crippen MR) is 117 cm³/mol. The van der Waals surface area contributed by atoms with E-state index in [4.69, 9.17) is 0 Å². The van der Waals surface area contributed by atoms with Crippen molar-refractivity contribution in [2.75, 3.05) is 20.1 Å². The van der Waals surface area contributed by atoms with Gasteiger partial charge in [-0.25, -0.2) is 0 Å². The lowest BCUT2D eigenvalue weighted by Gasteiger charge is -2.16. The maximum Gasteiger partial charge on any atom is 0.00188 e. The summed E-state index contributed by atoms with van der Waals surface area (Å²) >= 11 is 0. The van der Waals surface area contributed by atoms with Gasteiger partial charge in [-0.05, 0) is 55.1 Å². The third-order valence-electron chi connectivity index (χ3n) is 4.89. The van der Waals surface area contributed by atoms with Gasteiger partial charge in [-0.15, -0.1) is 0 Å². The van der Waals surface area contributed by atoms with Crippen molar-refractivity contribution in [1.82, 2.24) is 4.90 Å². The van der Waals surface area contributed by atoms with E-state index in [0.29, 0.717) is 0 Å². The number of hydrogen-bond donors (Lipinski definition) is 0.